The lowest BCUT2D eigenvalue weighted by Gasteiger charge is -2.01. The van der Waals surface area contributed by atoms with Crippen LogP contribution in [0.3, 0.4) is 0 Å². The van der Waals surface area contributed by atoms with Gasteiger partial charge in [-0.15, -0.1) is 0 Å². The Hall–Kier alpha value is -1.31. The number of hydrogen-bond donors (Lipinski definition) is 2. The molecule has 1 aromatic rings. The number of anilines is 1. The SMILES string of the molecule is NNc1nc(CCC(F)(F)F)no1. The molecule has 1 aromatic heterocycles. The molecule has 1 heterocycles. The van der Waals surface area contributed by atoms with Crippen LogP contribution in [0.1, 0.15) is 12.2 Å². The van der Waals surface area contributed by atoms with E-state index in [1.807, 2.05) is 5.43 Å². The second-order valence-corrected chi connectivity index (χ2v) is 2.28. The van der Waals surface area contributed by atoms with E-state index in [1.165, 1.54) is 0 Å². The largest absolute Gasteiger partial charge is 0.389 e. The van der Waals surface area contributed by atoms with Crippen molar-refractivity contribution >= 4 is 6.01 Å². The number of rotatable bonds is 3. The van der Waals surface area contributed by atoms with Crippen LogP contribution in [-0.4, -0.2) is 16.3 Å². The van der Waals surface area contributed by atoms with E-state index >= 15 is 0 Å². The van der Waals surface area contributed by atoms with Gasteiger partial charge in [0.05, 0.1) is 6.42 Å². The van der Waals surface area contributed by atoms with Crippen LogP contribution in [0.2, 0.25) is 0 Å². The number of nitrogens with one attached hydrogen (secondary N) is 1. The topological polar surface area (TPSA) is 77.0 Å². The summed E-state index contributed by atoms with van der Waals surface area (Å²) in [7, 11) is 0. The van der Waals surface area contributed by atoms with Gasteiger partial charge in [-0.3, -0.25) is 5.43 Å². The predicted octanol–water partition coefficient (Wildman–Crippen LogP) is 0.850. The highest BCUT2D eigenvalue weighted by Gasteiger charge is 2.27. The number of hydrazine groups is 1. The molecule has 0 bridgehead atoms. The second kappa shape index (κ2) is 3.60. The minimum atomic E-state index is -4.21. The third-order valence-corrected chi connectivity index (χ3v) is 1.22. The minimum Gasteiger partial charge on any atom is -0.314 e. The number of hydrogen-bond acceptors (Lipinski definition) is 5. The Kier molecular flexibility index (Phi) is 2.71. The van der Waals surface area contributed by atoms with E-state index in [1.54, 1.807) is 0 Å². The lowest BCUT2D eigenvalue weighted by Crippen LogP contribution is -2.09. The van der Waals surface area contributed by atoms with Gasteiger partial charge in [0.15, 0.2) is 5.82 Å². The molecule has 5 nitrogen and oxygen atoms in total. The Bertz CT molecular complexity index is 271. The summed E-state index contributed by atoms with van der Waals surface area (Å²) < 4.78 is 39.5. The average molecular weight is 196 g/mol. The normalized spacial score (nSPS) is 11.7. The van der Waals surface area contributed by atoms with Crippen LogP contribution < -0.4 is 11.3 Å². The van der Waals surface area contributed by atoms with Gasteiger partial charge in [-0.1, -0.05) is 5.16 Å². The number of nitrogens with zero attached hydrogens (tertiary/aromatic N) is 2. The fourth-order valence-corrected chi connectivity index (χ4v) is 0.668. The van der Waals surface area contributed by atoms with Crippen molar-refractivity contribution in [1.82, 2.24) is 10.1 Å². The number of aryl methyl sites for hydroxylation is 1. The molecule has 1 rings (SSSR count). The zero-order valence-electron chi connectivity index (χ0n) is 6.43. The molecule has 0 unspecified atom stereocenters. The molecule has 0 saturated carbocycles. The van der Waals surface area contributed by atoms with Crippen molar-refractivity contribution in [3.63, 3.8) is 0 Å². The van der Waals surface area contributed by atoms with Crippen LogP contribution in [-0.2, 0) is 6.42 Å². The van der Waals surface area contributed by atoms with E-state index in [4.69, 9.17) is 5.84 Å². The molecular formula is C5H7F3N4O. The summed E-state index contributed by atoms with van der Waals surface area (Å²) in [6.45, 7) is 0. The first-order valence-electron chi connectivity index (χ1n) is 3.37. The monoisotopic (exact) mass is 196 g/mol. The van der Waals surface area contributed by atoms with Gasteiger partial charge in [0.25, 0.3) is 0 Å². The Morgan fingerprint density at radius 2 is 2.15 bits per heavy atom. The van der Waals surface area contributed by atoms with E-state index in [0.29, 0.717) is 0 Å². The van der Waals surface area contributed by atoms with Gasteiger partial charge >= 0.3 is 12.2 Å². The molecule has 0 saturated heterocycles. The second-order valence-electron chi connectivity index (χ2n) is 2.28. The summed E-state index contributed by atoms with van der Waals surface area (Å²) in [5.41, 5.74) is 2.02. The van der Waals surface area contributed by atoms with Crippen molar-refractivity contribution in [2.24, 2.45) is 5.84 Å². The first kappa shape index (κ1) is 9.78. The predicted molar refractivity (Wildman–Crippen MR) is 36.5 cm³/mol. The van der Waals surface area contributed by atoms with Crippen LogP contribution in [0.15, 0.2) is 4.52 Å². The van der Waals surface area contributed by atoms with Crippen LogP contribution in [0, 0.1) is 0 Å². The molecule has 0 aliphatic carbocycles. The highest BCUT2D eigenvalue weighted by molar-refractivity contribution is 5.14. The van der Waals surface area contributed by atoms with Crippen molar-refractivity contribution in [1.29, 1.82) is 0 Å². The number of nitrogen functional groups attached to an aromatic ring is 1. The number of alkyl halides is 3. The van der Waals surface area contributed by atoms with Crippen molar-refractivity contribution in [3.05, 3.63) is 5.82 Å². The highest BCUT2D eigenvalue weighted by Crippen LogP contribution is 2.21. The summed E-state index contributed by atoms with van der Waals surface area (Å²) in [4.78, 5) is 3.52. The first-order valence-corrected chi connectivity index (χ1v) is 3.37. The quantitative estimate of drug-likeness (QED) is 0.553. The standard InChI is InChI=1S/C5H7F3N4O/c6-5(7,8)2-1-3-10-4(11-9)13-12-3/h1-2,9H2,(H,10,11,12). The van der Waals surface area contributed by atoms with E-state index in [9.17, 15) is 13.2 Å². The zero-order valence-corrected chi connectivity index (χ0v) is 6.43. The summed E-state index contributed by atoms with van der Waals surface area (Å²) in [6.07, 6.45) is -5.50. The van der Waals surface area contributed by atoms with E-state index in [2.05, 4.69) is 14.7 Å². The third-order valence-electron chi connectivity index (χ3n) is 1.22. The van der Waals surface area contributed by atoms with Gasteiger partial charge in [0.1, 0.15) is 0 Å². The molecule has 0 atom stereocenters. The molecule has 3 N–H and O–H groups in total. The van der Waals surface area contributed by atoms with Gasteiger partial charge in [-0.05, 0) is 0 Å². The van der Waals surface area contributed by atoms with Crippen LogP contribution in [0.5, 0.6) is 0 Å². The molecule has 0 aliphatic rings. The number of nitrogens with two attached hydrogens (primary N) is 1. The summed E-state index contributed by atoms with van der Waals surface area (Å²) >= 11 is 0. The lowest BCUT2D eigenvalue weighted by molar-refractivity contribution is -0.134. The minimum absolute atomic E-state index is 0.0229. The van der Waals surface area contributed by atoms with Crippen LogP contribution in [0.4, 0.5) is 19.2 Å². The van der Waals surface area contributed by atoms with Crippen molar-refractivity contribution in [2.45, 2.75) is 19.0 Å². The van der Waals surface area contributed by atoms with E-state index < -0.39 is 12.6 Å². The average Bonchev–Trinajstić information content (AvgIpc) is 2.47. The third kappa shape index (κ3) is 3.28. The summed E-state index contributed by atoms with van der Waals surface area (Å²) in [5, 5.41) is 3.26. The Morgan fingerprint density at radius 1 is 1.46 bits per heavy atom. The highest BCUT2D eigenvalue weighted by atomic mass is 19.4. The van der Waals surface area contributed by atoms with Crippen molar-refractivity contribution < 1.29 is 17.7 Å². The molecule has 0 spiro atoms. The molecule has 0 aromatic carbocycles. The molecule has 0 fully saturated rings. The molecule has 13 heavy (non-hydrogen) atoms. The molecule has 0 aliphatic heterocycles. The van der Waals surface area contributed by atoms with E-state index in [-0.39, 0.29) is 18.3 Å². The molecule has 74 valence electrons. The fraction of sp³-hybridized carbons (Fsp3) is 0.600. The van der Waals surface area contributed by atoms with Gasteiger partial charge in [0.2, 0.25) is 0 Å². The maximum absolute atomic E-state index is 11.7. The van der Waals surface area contributed by atoms with Crippen LogP contribution >= 0.6 is 0 Å². The summed E-state index contributed by atoms with van der Waals surface area (Å²) in [5.74, 6) is 4.85. The maximum atomic E-state index is 11.7. The van der Waals surface area contributed by atoms with E-state index in [0.717, 1.165) is 0 Å². The maximum Gasteiger partial charge on any atom is 0.389 e. The zero-order chi connectivity index (χ0) is 9.90. The van der Waals surface area contributed by atoms with Gasteiger partial charge in [-0.25, -0.2) is 5.84 Å². The summed E-state index contributed by atoms with van der Waals surface area (Å²) in [6, 6.07) is -0.0998. The lowest BCUT2D eigenvalue weighted by atomic mass is 10.3. The molecule has 0 radical (unpaired) electrons. The Morgan fingerprint density at radius 3 is 2.62 bits per heavy atom. The van der Waals surface area contributed by atoms with Crippen molar-refractivity contribution in [2.75, 3.05) is 5.43 Å². The molecular weight excluding hydrogens is 189 g/mol. The smallest absolute Gasteiger partial charge is 0.314 e. The number of aromatic nitrogens is 2. The number of halogens is 3. The molecule has 0 amide bonds. The molecule has 8 heteroatoms. The van der Waals surface area contributed by atoms with Gasteiger partial charge < -0.3 is 4.52 Å². The van der Waals surface area contributed by atoms with Gasteiger partial charge in [-0.2, -0.15) is 18.2 Å². The fourth-order valence-electron chi connectivity index (χ4n) is 0.668. The van der Waals surface area contributed by atoms with Crippen molar-refractivity contribution in [3.8, 4) is 0 Å². The first-order chi connectivity index (χ1) is 6.01. The Labute approximate surface area is 71.1 Å². The Balaban J connectivity index is 2.46. The van der Waals surface area contributed by atoms with Gasteiger partial charge in [0, 0.05) is 6.42 Å². The van der Waals surface area contributed by atoms with Crippen LogP contribution in [0.25, 0.3) is 0 Å².